The van der Waals surface area contributed by atoms with Crippen LogP contribution in [0.5, 0.6) is 0 Å². The number of carbonyl (C=O) groups is 3. The SMILES string of the molecule is Cc1ccc(NC(=O)c2cc(N3C(=O)[C@@H]4CC=CC[C@H]4C3=O)ccc2N2CCOCC2)cc1. The Hall–Kier alpha value is -3.45. The average molecular weight is 446 g/mol. The molecule has 0 bridgehead atoms. The number of benzene rings is 2. The third-order valence-electron chi connectivity index (χ3n) is 6.65. The fourth-order valence-electron chi connectivity index (χ4n) is 4.82. The molecule has 33 heavy (non-hydrogen) atoms. The maximum absolute atomic E-state index is 13.4. The third-order valence-corrected chi connectivity index (χ3v) is 6.65. The Kier molecular flexibility index (Phi) is 5.72. The number of nitrogens with zero attached hydrogens (tertiary/aromatic N) is 2. The van der Waals surface area contributed by atoms with E-state index < -0.39 is 0 Å². The van der Waals surface area contributed by atoms with E-state index in [2.05, 4.69) is 10.2 Å². The summed E-state index contributed by atoms with van der Waals surface area (Å²) in [5, 5.41) is 2.96. The maximum atomic E-state index is 13.4. The van der Waals surface area contributed by atoms with E-state index >= 15 is 0 Å². The van der Waals surface area contributed by atoms with Gasteiger partial charge in [0.05, 0.1) is 36.3 Å². The standard InChI is InChI=1S/C26H27N3O4/c1-17-6-8-18(9-7-17)27-24(30)22-16-19(10-11-23(22)28-12-14-33-15-13-28)29-25(31)20-4-2-3-5-21(20)26(29)32/h2-3,6-11,16,20-21H,4-5,12-15H2,1H3,(H,27,30)/t20-,21-/m1/s1. The molecule has 2 aromatic carbocycles. The molecule has 5 rings (SSSR count). The minimum absolute atomic E-state index is 0.182. The summed E-state index contributed by atoms with van der Waals surface area (Å²) < 4.78 is 5.47. The molecule has 2 atom stereocenters. The van der Waals surface area contributed by atoms with Crippen molar-refractivity contribution in [3.8, 4) is 0 Å². The van der Waals surface area contributed by atoms with Crippen molar-refractivity contribution < 1.29 is 19.1 Å². The number of rotatable bonds is 4. The molecule has 2 aliphatic heterocycles. The van der Waals surface area contributed by atoms with Crippen molar-refractivity contribution in [2.24, 2.45) is 11.8 Å². The van der Waals surface area contributed by atoms with E-state index in [0.717, 1.165) is 11.3 Å². The van der Waals surface area contributed by atoms with Crippen molar-refractivity contribution in [3.63, 3.8) is 0 Å². The molecule has 2 saturated heterocycles. The zero-order valence-corrected chi connectivity index (χ0v) is 18.6. The van der Waals surface area contributed by atoms with Crippen molar-refractivity contribution >= 4 is 34.8 Å². The number of allylic oxidation sites excluding steroid dienone is 2. The lowest BCUT2D eigenvalue weighted by molar-refractivity contribution is -0.122. The molecule has 1 N–H and O–H groups in total. The highest BCUT2D eigenvalue weighted by atomic mass is 16.5. The third kappa shape index (κ3) is 4.04. The van der Waals surface area contributed by atoms with Crippen LogP contribution in [0, 0.1) is 18.8 Å². The van der Waals surface area contributed by atoms with Crippen LogP contribution in [-0.2, 0) is 14.3 Å². The van der Waals surface area contributed by atoms with Gasteiger partial charge in [-0.25, -0.2) is 0 Å². The van der Waals surface area contributed by atoms with Gasteiger partial charge in [-0.15, -0.1) is 0 Å². The molecular weight excluding hydrogens is 418 g/mol. The molecule has 0 aromatic heterocycles. The minimum atomic E-state index is -0.314. The van der Waals surface area contributed by atoms with Crippen LogP contribution in [-0.4, -0.2) is 44.0 Å². The first-order valence-electron chi connectivity index (χ1n) is 11.4. The van der Waals surface area contributed by atoms with E-state index in [1.54, 1.807) is 12.1 Å². The number of hydrogen-bond acceptors (Lipinski definition) is 5. The number of amides is 3. The van der Waals surface area contributed by atoms with Gasteiger partial charge in [0.25, 0.3) is 5.91 Å². The summed E-state index contributed by atoms with van der Waals surface area (Å²) in [5.74, 6) is -1.27. The molecule has 3 amide bonds. The number of fused-ring (bicyclic) bond motifs is 1. The lowest BCUT2D eigenvalue weighted by Crippen LogP contribution is -2.37. The Morgan fingerprint density at radius 3 is 2.21 bits per heavy atom. The summed E-state index contributed by atoms with van der Waals surface area (Å²) in [6, 6.07) is 12.9. The second-order valence-electron chi connectivity index (χ2n) is 8.79. The van der Waals surface area contributed by atoms with Gasteiger partial charge in [-0.3, -0.25) is 19.3 Å². The number of aryl methyl sites for hydroxylation is 1. The maximum Gasteiger partial charge on any atom is 0.257 e. The molecular formula is C26H27N3O4. The molecule has 0 radical (unpaired) electrons. The summed E-state index contributed by atoms with van der Waals surface area (Å²) in [6.07, 6.45) is 5.10. The first-order chi connectivity index (χ1) is 16.0. The highest BCUT2D eigenvalue weighted by Gasteiger charge is 2.48. The van der Waals surface area contributed by atoms with Gasteiger partial charge in [0, 0.05) is 24.5 Å². The molecule has 3 aliphatic rings. The number of hydrogen-bond donors (Lipinski definition) is 1. The van der Waals surface area contributed by atoms with Gasteiger partial charge in [-0.1, -0.05) is 29.8 Å². The second kappa shape index (κ2) is 8.83. The Morgan fingerprint density at radius 2 is 1.58 bits per heavy atom. The number of nitrogens with one attached hydrogen (secondary N) is 1. The predicted molar refractivity (Wildman–Crippen MR) is 126 cm³/mol. The fourth-order valence-corrected chi connectivity index (χ4v) is 4.82. The Labute approximate surface area is 193 Å². The van der Waals surface area contributed by atoms with Crippen molar-refractivity contribution in [2.75, 3.05) is 41.4 Å². The van der Waals surface area contributed by atoms with Crippen LogP contribution in [0.25, 0.3) is 0 Å². The molecule has 0 spiro atoms. The van der Waals surface area contributed by atoms with Crippen LogP contribution in [0.2, 0.25) is 0 Å². The molecule has 1 aliphatic carbocycles. The minimum Gasteiger partial charge on any atom is -0.378 e. The van der Waals surface area contributed by atoms with Gasteiger partial charge >= 0.3 is 0 Å². The lowest BCUT2D eigenvalue weighted by Gasteiger charge is -2.31. The predicted octanol–water partition coefficient (Wildman–Crippen LogP) is 3.54. The van der Waals surface area contributed by atoms with E-state index in [1.807, 2.05) is 49.4 Å². The summed E-state index contributed by atoms with van der Waals surface area (Å²) in [7, 11) is 0. The van der Waals surface area contributed by atoms with Crippen molar-refractivity contribution in [2.45, 2.75) is 19.8 Å². The van der Waals surface area contributed by atoms with Crippen LogP contribution in [0.3, 0.4) is 0 Å². The van der Waals surface area contributed by atoms with Crippen molar-refractivity contribution in [1.82, 2.24) is 0 Å². The van der Waals surface area contributed by atoms with Crippen molar-refractivity contribution in [3.05, 3.63) is 65.7 Å². The summed E-state index contributed by atoms with van der Waals surface area (Å²) in [6.45, 7) is 4.49. The number of anilines is 3. The monoisotopic (exact) mass is 445 g/mol. The van der Waals surface area contributed by atoms with Crippen LogP contribution in [0.15, 0.2) is 54.6 Å². The lowest BCUT2D eigenvalue weighted by atomic mass is 9.85. The van der Waals surface area contributed by atoms with Gasteiger partial charge in [-0.2, -0.15) is 0 Å². The molecule has 2 aromatic rings. The largest absolute Gasteiger partial charge is 0.378 e. The molecule has 0 saturated carbocycles. The highest BCUT2D eigenvalue weighted by Crippen LogP contribution is 2.39. The van der Waals surface area contributed by atoms with Crippen LogP contribution >= 0.6 is 0 Å². The number of carbonyl (C=O) groups excluding carboxylic acids is 3. The second-order valence-corrected chi connectivity index (χ2v) is 8.79. The number of imide groups is 1. The fraction of sp³-hybridized carbons (Fsp3) is 0.346. The van der Waals surface area contributed by atoms with E-state index in [0.29, 0.717) is 56.1 Å². The average Bonchev–Trinajstić information content (AvgIpc) is 3.11. The first kappa shape index (κ1) is 21.4. The zero-order chi connectivity index (χ0) is 22.9. The van der Waals surface area contributed by atoms with Gasteiger partial charge in [0.2, 0.25) is 11.8 Å². The molecule has 0 unspecified atom stereocenters. The quantitative estimate of drug-likeness (QED) is 0.575. The Morgan fingerprint density at radius 1 is 0.939 bits per heavy atom. The van der Waals surface area contributed by atoms with Gasteiger partial charge < -0.3 is 15.0 Å². The van der Waals surface area contributed by atoms with Gasteiger partial charge in [0.15, 0.2) is 0 Å². The van der Waals surface area contributed by atoms with E-state index in [-0.39, 0.29) is 29.6 Å². The normalized spacial score (nSPS) is 22.5. The summed E-state index contributed by atoms with van der Waals surface area (Å²) >= 11 is 0. The van der Waals surface area contributed by atoms with Gasteiger partial charge in [0.1, 0.15) is 0 Å². The summed E-state index contributed by atoms with van der Waals surface area (Å²) in [5.41, 5.74) is 3.44. The van der Waals surface area contributed by atoms with E-state index in [1.165, 1.54) is 4.90 Å². The van der Waals surface area contributed by atoms with Gasteiger partial charge in [-0.05, 0) is 50.1 Å². The first-order valence-corrected chi connectivity index (χ1v) is 11.4. The number of morpholine rings is 1. The molecule has 7 heteroatoms. The smallest absolute Gasteiger partial charge is 0.257 e. The van der Waals surface area contributed by atoms with E-state index in [4.69, 9.17) is 4.74 Å². The molecule has 2 fully saturated rings. The Bertz CT molecular complexity index is 1090. The van der Waals surface area contributed by atoms with E-state index in [9.17, 15) is 14.4 Å². The highest BCUT2D eigenvalue weighted by molar-refractivity contribution is 6.23. The zero-order valence-electron chi connectivity index (χ0n) is 18.6. The molecule has 7 nitrogen and oxygen atoms in total. The van der Waals surface area contributed by atoms with Crippen LogP contribution in [0.1, 0.15) is 28.8 Å². The molecule has 2 heterocycles. The summed E-state index contributed by atoms with van der Waals surface area (Å²) in [4.78, 5) is 42.9. The van der Waals surface area contributed by atoms with Crippen LogP contribution < -0.4 is 15.1 Å². The Balaban J connectivity index is 1.50. The molecule has 170 valence electrons. The van der Waals surface area contributed by atoms with Crippen LogP contribution in [0.4, 0.5) is 17.1 Å². The van der Waals surface area contributed by atoms with Crippen molar-refractivity contribution in [1.29, 1.82) is 0 Å². The number of ether oxygens (including phenoxy) is 1. The topological polar surface area (TPSA) is 79.0 Å².